The molecule has 2 aliphatic carbocycles. The molecule has 0 heterocycles. The van der Waals surface area contributed by atoms with Crippen molar-refractivity contribution in [2.24, 2.45) is 0 Å². The van der Waals surface area contributed by atoms with Gasteiger partial charge in [0.05, 0.1) is 0 Å². The van der Waals surface area contributed by atoms with Crippen LogP contribution >= 0.6 is 0 Å². The lowest BCUT2D eigenvalue weighted by Gasteiger charge is -2.22. The van der Waals surface area contributed by atoms with Crippen molar-refractivity contribution in [3.63, 3.8) is 0 Å². The smallest absolute Gasteiger partial charge is 0.000739 e. The van der Waals surface area contributed by atoms with Crippen molar-refractivity contribution in [1.82, 2.24) is 0 Å². The van der Waals surface area contributed by atoms with E-state index in [1.807, 2.05) is 0 Å². The molecule has 15 aromatic carbocycles. The lowest BCUT2D eigenvalue weighted by Crippen LogP contribution is -1.94. The third-order valence-electron chi connectivity index (χ3n) is 17.5. The summed E-state index contributed by atoms with van der Waals surface area (Å²) in [5.74, 6) is 0. The highest BCUT2D eigenvalue weighted by Crippen LogP contribution is 2.63. The molecule has 0 aliphatic heterocycles. The van der Waals surface area contributed by atoms with Gasteiger partial charge < -0.3 is 0 Å². The number of rotatable bonds is 8. The maximum atomic E-state index is 2.57. The average Bonchev–Trinajstić information content (AvgIpc) is 4.02. The van der Waals surface area contributed by atoms with Crippen LogP contribution in [0.1, 0.15) is 0 Å². The lowest BCUT2D eigenvalue weighted by molar-refractivity contribution is 1.59. The zero-order chi connectivity index (χ0) is 52.4. The first kappa shape index (κ1) is 44.7. The van der Waals surface area contributed by atoms with Gasteiger partial charge in [-0.3, -0.25) is 0 Å². The van der Waals surface area contributed by atoms with Crippen LogP contribution in [0, 0.1) is 0 Å². The zero-order valence-corrected chi connectivity index (χ0v) is 43.7. The molecule has 80 heavy (non-hydrogen) atoms. The van der Waals surface area contributed by atoms with Gasteiger partial charge in [0.1, 0.15) is 0 Å². The molecule has 0 nitrogen and oxygen atoms in total. The Balaban J connectivity index is 1.05. The number of hydrogen-bond donors (Lipinski definition) is 0. The van der Waals surface area contributed by atoms with Crippen molar-refractivity contribution < 1.29 is 0 Å². The second kappa shape index (κ2) is 17.6. The molecule has 0 atom stereocenters. The van der Waals surface area contributed by atoms with Crippen molar-refractivity contribution in [2.45, 2.75) is 0 Å². The van der Waals surface area contributed by atoms with Gasteiger partial charge in [0.15, 0.2) is 0 Å². The summed E-state index contributed by atoms with van der Waals surface area (Å²) in [5, 5.41) is 10.4. The van der Waals surface area contributed by atoms with Gasteiger partial charge in [-0.25, -0.2) is 0 Å². The van der Waals surface area contributed by atoms with Crippen molar-refractivity contribution in [3.05, 3.63) is 291 Å². The summed E-state index contributed by atoms with van der Waals surface area (Å²) in [6.45, 7) is 0. The summed E-state index contributed by atoms with van der Waals surface area (Å²) in [5.41, 5.74) is 29.9. The monoisotopic (exact) mass is 1010 g/mol. The minimum Gasteiger partial charge on any atom is -0.0622 e. The molecule has 2 aliphatic rings. The number of fused-ring (bicyclic) bond motifs is 8. The molecule has 0 N–H and O–H groups in total. The molecule has 0 amide bonds. The van der Waals surface area contributed by atoms with E-state index in [4.69, 9.17) is 0 Å². The van der Waals surface area contributed by atoms with E-state index in [0.717, 1.165) is 0 Å². The van der Waals surface area contributed by atoms with Crippen LogP contribution in [0.5, 0.6) is 0 Å². The predicted octanol–water partition coefficient (Wildman–Crippen LogP) is 22.4. The van der Waals surface area contributed by atoms with E-state index in [1.54, 1.807) is 0 Å². The van der Waals surface area contributed by atoms with Crippen molar-refractivity contribution in [1.29, 1.82) is 0 Å². The Kier molecular flexibility index (Phi) is 9.81. The Morgan fingerprint density at radius 2 is 0.350 bits per heavy atom. The Bertz CT molecular complexity index is 4630. The number of benzene rings is 15. The van der Waals surface area contributed by atoms with E-state index < -0.39 is 0 Å². The molecule has 368 valence electrons. The first-order valence-electron chi connectivity index (χ1n) is 27.9. The normalized spacial score (nSPS) is 12.0. The fourth-order valence-electron chi connectivity index (χ4n) is 14.1. The third kappa shape index (κ3) is 6.57. The van der Waals surface area contributed by atoms with E-state index >= 15 is 0 Å². The summed E-state index contributed by atoms with van der Waals surface area (Å²) in [6.07, 6.45) is 0. The first-order valence-corrected chi connectivity index (χ1v) is 27.9. The highest BCUT2D eigenvalue weighted by atomic mass is 14.4. The van der Waals surface area contributed by atoms with Crippen molar-refractivity contribution in [3.8, 4) is 134 Å². The van der Waals surface area contributed by atoms with E-state index in [-0.39, 0.29) is 0 Å². The molecular weight excluding hydrogens is 961 g/mol. The largest absolute Gasteiger partial charge is 0.0622 e. The SMILES string of the molecule is c1ccc(-c2ccc(-c3cc4c5c(ccc6c7c(-c8ccc(-c9ccccc9)cc8)cc8c9c(ccc(c3c56)c97)-c3c(-c5ccccc5)ccc(-c5ccccc5)c3-8)-c3c(-c5ccccc5)ccc(-c5ccccc5)c3-4)cc2)cc1. The van der Waals surface area contributed by atoms with Gasteiger partial charge in [0.2, 0.25) is 0 Å². The highest BCUT2D eigenvalue weighted by Gasteiger charge is 2.35. The van der Waals surface area contributed by atoms with Crippen LogP contribution in [-0.2, 0) is 0 Å². The van der Waals surface area contributed by atoms with Crippen molar-refractivity contribution >= 4 is 43.1 Å². The van der Waals surface area contributed by atoms with Crippen LogP contribution < -0.4 is 0 Å². The molecule has 0 heteroatoms. The fraction of sp³-hybridized carbons (Fsp3) is 0. The highest BCUT2D eigenvalue weighted by molar-refractivity contribution is 6.44. The molecular formula is C80H48. The van der Waals surface area contributed by atoms with E-state index in [9.17, 15) is 0 Å². The second-order valence-electron chi connectivity index (χ2n) is 21.7. The molecule has 17 rings (SSSR count). The summed E-state index contributed by atoms with van der Waals surface area (Å²) in [4.78, 5) is 0. The van der Waals surface area contributed by atoms with Gasteiger partial charge in [-0.15, -0.1) is 0 Å². The van der Waals surface area contributed by atoms with Crippen LogP contribution in [0.15, 0.2) is 291 Å². The molecule has 0 aromatic heterocycles. The van der Waals surface area contributed by atoms with Gasteiger partial charge in [0, 0.05) is 0 Å². The Hall–Kier alpha value is -10.4. The molecule has 0 unspecified atom stereocenters. The van der Waals surface area contributed by atoms with E-state index in [2.05, 4.69) is 291 Å². The summed E-state index contributed by atoms with van der Waals surface area (Å²) >= 11 is 0. The summed E-state index contributed by atoms with van der Waals surface area (Å²) in [6, 6.07) is 109. The maximum absolute atomic E-state index is 2.57. The topological polar surface area (TPSA) is 0 Å². The third-order valence-corrected chi connectivity index (χ3v) is 17.5. The average molecular weight is 1010 g/mol. The van der Waals surface area contributed by atoms with Crippen molar-refractivity contribution in [2.75, 3.05) is 0 Å². The van der Waals surface area contributed by atoms with Crippen LogP contribution in [0.4, 0.5) is 0 Å². The summed E-state index contributed by atoms with van der Waals surface area (Å²) in [7, 11) is 0. The van der Waals surface area contributed by atoms with Gasteiger partial charge in [-0.1, -0.05) is 279 Å². The van der Waals surface area contributed by atoms with Crippen LogP contribution in [0.3, 0.4) is 0 Å². The van der Waals surface area contributed by atoms with Gasteiger partial charge in [0.25, 0.3) is 0 Å². The first-order chi connectivity index (χ1) is 39.7. The molecule has 0 spiro atoms. The predicted molar refractivity (Wildman–Crippen MR) is 340 cm³/mol. The molecule has 15 aromatic rings. The number of hydrogen-bond acceptors (Lipinski definition) is 0. The quantitative estimate of drug-likeness (QED) is 0.105. The Morgan fingerprint density at radius 1 is 0.125 bits per heavy atom. The minimum atomic E-state index is 1.20. The standard InChI is InChI=1S/C80H48/c1-7-19-49(20-8-1)51-31-35-57(36-32-51)67-47-69-73-61(55-27-15-5-16-28-55)41-39-59(53-23-11-3-12-24-53)71(73)63-44-46-66-76-68(58-37-33-52(34-38-58)50-21-9-2-10-22-50)48-70-74-62(56-29-17-6-18-30-56)42-40-60(54-25-13-4-14-26-54)72(74)64-43-45-65(80(76)78(64)70)75(67)79(66)77(63)69/h1-48H. The van der Waals surface area contributed by atoms with Gasteiger partial charge >= 0.3 is 0 Å². The van der Waals surface area contributed by atoms with E-state index in [0.29, 0.717) is 0 Å². The molecule has 0 bridgehead atoms. The summed E-state index contributed by atoms with van der Waals surface area (Å²) < 4.78 is 0. The van der Waals surface area contributed by atoms with Crippen LogP contribution in [-0.4, -0.2) is 0 Å². The fourth-order valence-corrected chi connectivity index (χ4v) is 14.1. The lowest BCUT2D eigenvalue weighted by atomic mass is 9.80. The van der Waals surface area contributed by atoms with Crippen LogP contribution in [0.25, 0.3) is 177 Å². The Morgan fingerprint density at radius 3 is 0.650 bits per heavy atom. The molecule has 0 saturated heterocycles. The van der Waals surface area contributed by atoms with Gasteiger partial charge in [-0.05, 0) is 189 Å². The molecule has 0 saturated carbocycles. The Labute approximate surface area is 465 Å². The van der Waals surface area contributed by atoms with Crippen LogP contribution in [0.2, 0.25) is 0 Å². The maximum Gasteiger partial charge on any atom is -0.000739 e. The zero-order valence-electron chi connectivity index (χ0n) is 43.7. The minimum absolute atomic E-state index is 1.20. The molecule has 0 fully saturated rings. The van der Waals surface area contributed by atoms with E-state index in [1.165, 1.54) is 177 Å². The second-order valence-corrected chi connectivity index (χ2v) is 21.7. The van der Waals surface area contributed by atoms with Gasteiger partial charge in [-0.2, -0.15) is 0 Å². The molecule has 0 radical (unpaired) electrons.